The lowest BCUT2D eigenvalue weighted by molar-refractivity contribution is -0.141. The minimum atomic E-state index is -1.54. The monoisotopic (exact) mass is 421 g/mol. The molecule has 1 amide bonds. The van der Waals surface area contributed by atoms with Crippen LogP contribution < -0.4 is 10.1 Å². The van der Waals surface area contributed by atoms with E-state index in [0.717, 1.165) is 6.54 Å². The van der Waals surface area contributed by atoms with Crippen LogP contribution in [0.15, 0.2) is 12.1 Å². The zero-order chi connectivity index (χ0) is 22.1. The molecule has 5 N–H and O–H groups in total. The smallest absolute Gasteiger partial charge is 0.451 e. The van der Waals surface area contributed by atoms with E-state index in [0.29, 0.717) is 31.7 Å². The first kappa shape index (κ1) is 22.4. The predicted molar refractivity (Wildman–Crippen MR) is 109 cm³/mol. The number of rotatable bonds is 8. The van der Waals surface area contributed by atoms with Crippen LogP contribution in [0.25, 0.3) is 0 Å². The summed E-state index contributed by atoms with van der Waals surface area (Å²) in [6.07, 6.45) is -0.159. The van der Waals surface area contributed by atoms with Crippen LogP contribution in [0.3, 0.4) is 0 Å². The molecule has 2 heterocycles. The van der Waals surface area contributed by atoms with E-state index in [1.807, 2.05) is 6.92 Å². The van der Waals surface area contributed by atoms with Crippen molar-refractivity contribution in [2.75, 3.05) is 39.8 Å². The van der Waals surface area contributed by atoms with Gasteiger partial charge in [-0.05, 0) is 31.3 Å². The molecular weight excluding hydrogens is 393 g/mol. The summed E-state index contributed by atoms with van der Waals surface area (Å²) in [6, 6.07) is 3.00. The molecule has 0 aromatic heterocycles. The predicted octanol–water partition coefficient (Wildman–Crippen LogP) is -1.01. The quantitative estimate of drug-likeness (QED) is 0.334. The molecule has 0 saturated carbocycles. The molecule has 0 bridgehead atoms. The first-order chi connectivity index (χ1) is 14.1. The summed E-state index contributed by atoms with van der Waals surface area (Å²) in [5.74, 6) is -1.64. The minimum Gasteiger partial charge on any atom is -0.507 e. The van der Waals surface area contributed by atoms with Crippen LogP contribution in [0.2, 0.25) is 6.32 Å². The highest BCUT2D eigenvalue weighted by Gasteiger charge is 2.42. The van der Waals surface area contributed by atoms with Crippen molar-refractivity contribution >= 4 is 19.0 Å². The van der Waals surface area contributed by atoms with E-state index in [1.54, 1.807) is 11.9 Å². The molecule has 0 aliphatic carbocycles. The molecule has 1 aromatic rings. The average molecular weight is 421 g/mol. The number of carboxylic acid groups (broad SMARTS) is 1. The second-order valence-electron chi connectivity index (χ2n) is 8.19. The Bertz CT molecular complexity index is 816. The molecule has 30 heavy (non-hydrogen) atoms. The summed E-state index contributed by atoms with van der Waals surface area (Å²) < 4.78 is 5.81. The number of piperazine rings is 1. The number of carbonyl (C=O) groups excluding carboxylic acids is 1. The number of carbonyl (C=O) groups is 2. The van der Waals surface area contributed by atoms with Crippen LogP contribution in [-0.4, -0.2) is 100 Å². The first-order valence-corrected chi connectivity index (χ1v) is 9.94. The Morgan fingerprint density at radius 1 is 1.37 bits per heavy atom. The summed E-state index contributed by atoms with van der Waals surface area (Å²) in [5.41, 5.74) is -0.695. The lowest BCUT2D eigenvalue weighted by Crippen LogP contribution is -2.69. The maximum absolute atomic E-state index is 12.5. The lowest BCUT2D eigenvalue weighted by Gasteiger charge is -2.46. The van der Waals surface area contributed by atoms with Gasteiger partial charge in [0, 0.05) is 39.8 Å². The van der Waals surface area contributed by atoms with E-state index < -0.39 is 24.4 Å². The third-order valence-electron chi connectivity index (χ3n) is 5.65. The number of phenols is 1. The van der Waals surface area contributed by atoms with Gasteiger partial charge >= 0.3 is 13.1 Å². The standard InChI is InChI=1S/C19H28BN3O7/c1-19(18(27)22(2)8-7-21-19)11-23-9-13(10-23)30-14-4-3-12(5-6-20(28)29)16(24)15(14)17(25)26/h3-4,13,21,24,28-29H,5-11H2,1-2H3,(H,25,26)/t19-/m1/s1. The van der Waals surface area contributed by atoms with Crippen molar-refractivity contribution in [1.29, 1.82) is 0 Å². The molecule has 11 heteroatoms. The Morgan fingerprint density at radius 3 is 2.70 bits per heavy atom. The van der Waals surface area contributed by atoms with Gasteiger partial charge in [-0.25, -0.2) is 4.79 Å². The van der Waals surface area contributed by atoms with Gasteiger partial charge < -0.3 is 35.2 Å². The van der Waals surface area contributed by atoms with Gasteiger partial charge in [-0.2, -0.15) is 0 Å². The largest absolute Gasteiger partial charge is 0.507 e. The second-order valence-corrected chi connectivity index (χ2v) is 8.19. The van der Waals surface area contributed by atoms with Gasteiger partial charge in [0.15, 0.2) is 0 Å². The number of amides is 1. The Balaban J connectivity index is 1.62. The van der Waals surface area contributed by atoms with Gasteiger partial charge in [0.1, 0.15) is 28.7 Å². The Labute approximate surface area is 175 Å². The number of benzene rings is 1. The van der Waals surface area contributed by atoms with Crippen molar-refractivity contribution in [1.82, 2.24) is 15.1 Å². The lowest BCUT2D eigenvalue weighted by atomic mass is 9.82. The second kappa shape index (κ2) is 8.80. The molecular formula is C19H28BN3O7. The highest BCUT2D eigenvalue weighted by molar-refractivity contribution is 6.41. The molecule has 0 spiro atoms. The molecule has 0 unspecified atom stereocenters. The normalized spacial score (nSPS) is 22.7. The van der Waals surface area contributed by atoms with Gasteiger partial charge in [0.2, 0.25) is 5.91 Å². The van der Waals surface area contributed by atoms with E-state index in [1.165, 1.54) is 12.1 Å². The summed E-state index contributed by atoms with van der Waals surface area (Å²) in [6.45, 7) is 4.87. The minimum absolute atomic E-state index is 0.0227. The molecule has 0 radical (unpaired) electrons. The number of nitrogens with one attached hydrogen (secondary N) is 1. The summed E-state index contributed by atoms with van der Waals surface area (Å²) in [4.78, 5) is 27.9. The molecule has 1 aromatic carbocycles. The maximum Gasteiger partial charge on any atom is 0.451 e. The first-order valence-electron chi connectivity index (χ1n) is 9.94. The summed E-state index contributed by atoms with van der Waals surface area (Å²) in [7, 11) is 0.246. The van der Waals surface area contributed by atoms with Crippen molar-refractivity contribution in [2.45, 2.75) is 31.3 Å². The summed E-state index contributed by atoms with van der Waals surface area (Å²) in [5, 5.41) is 41.1. The van der Waals surface area contributed by atoms with Crippen molar-refractivity contribution in [3.8, 4) is 11.5 Å². The van der Waals surface area contributed by atoms with Gasteiger partial charge in [-0.3, -0.25) is 9.69 Å². The van der Waals surface area contributed by atoms with Gasteiger partial charge in [0.25, 0.3) is 0 Å². The van der Waals surface area contributed by atoms with Gasteiger partial charge in [-0.1, -0.05) is 6.07 Å². The third kappa shape index (κ3) is 4.70. The number of likely N-dealkylation sites (N-methyl/N-ethyl adjacent to an activating group) is 1. The van der Waals surface area contributed by atoms with E-state index >= 15 is 0 Å². The van der Waals surface area contributed by atoms with Gasteiger partial charge in [0.05, 0.1) is 0 Å². The average Bonchev–Trinajstić information content (AvgIpc) is 2.63. The molecule has 2 aliphatic heterocycles. The fraction of sp³-hybridized carbons (Fsp3) is 0.579. The Morgan fingerprint density at radius 2 is 2.07 bits per heavy atom. The van der Waals surface area contributed by atoms with E-state index in [2.05, 4.69) is 10.2 Å². The fourth-order valence-electron chi connectivity index (χ4n) is 3.98. The highest BCUT2D eigenvalue weighted by atomic mass is 16.5. The molecule has 2 fully saturated rings. The number of aromatic hydroxyl groups is 1. The number of aryl methyl sites for hydroxylation is 1. The van der Waals surface area contributed by atoms with Crippen LogP contribution in [-0.2, 0) is 11.2 Å². The molecule has 10 nitrogen and oxygen atoms in total. The zero-order valence-corrected chi connectivity index (χ0v) is 17.2. The van der Waals surface area contributed by atoms with Crippen molar-refractivity contribution in [3.05, 3.63) is 23.3 Å². The SMILES string of the molecule is CN1CCN[C@](C)(CN2CC(Oc3ccc(CCB(O)O)c(O)c3C(=O)O)C2)C1=O. The van der Waals surface area contributed by atoms with E-state index in [9.17, 15) is 19.8 Å². The Kier molecular flexibility index (Phi) is 6.56. The zero-order valence-electron chi connectivity index (χ0n) is 17.2. The van der Waals surface area contributed by atoms with Crippen molar-refractivity contribution < 1.29 is 34.6 Å². The van der Waals surface area contributed by atoms with Crippen LogP contribution in [0.5, 0.6) is 11.5 Å². The third-order valence-corrected chi connectivity index (χ3v) is 5.65. The Hall–Kier alpha value is -2.34. The van der Waals surface area contributed by atoms with Crippen LogP contribution in [0, 0.1) is 0 Å². The number of aromatic carboxylic acids is 1. The molecule has 2 saturated heterocycles. The number of nitrogens with zero attached hydrogens (tertiary/aromatic N) is 2. The van der Waals surface area contributed by atoms with E-state index in [-0.39, 0.29) is 36.1 Å². The number of carboxylic acids is 1. The highest BCUT2D eigenvalue weighted by Crippen LogP contribution is 2.34. The molecule has 1 atom stereocenters. The molecule has 164 valence electrons. The fourth-order valence-corrected chi connectivity index (χ4v) is 3.98. The van der Waals surface area contributed by atoms with Crippen LogP contribution in [0.4, 0.5) is 0 Å². The number of ether oxygens (including phenoxy) is 1. The maximum atomic E-state index is 12.5. The van der Waals surface area contributed by atoms with E-state index in [4.69, 9.17) is 14.8 Å². The molecule has 3 rings (SSSR count). The summed E-state index contributed by atoms with van der Waals surface area (Å²) >= 11 is 0. The van der Waals surface area contributed by atoms with Gasteiger partial charge in [-0.15, -0.1) is 0 Å². The number of hydrogen-bond donors (Lipinski definition) is 5. The number of hydrogen-bond acceptors (Lipinski definition) is 8. The van der Waals surface area contributed by atoms with Crippen molar-refractivity contribution in [2.24, 2.45) is 0 Å². The van der Waals surface area contributed by atoms with Crippen LogP contribution in [0.1, 0.15) is 22.8 Å². The number of likely N-dealkylation sites (tertiary alicyclic amines) is 1. The topological polar surface area (TPSA) is 143 Å². The molecule has 2 aliphatic rings. The van der Waals surface area contributed by atoms with Crippen LogP contribution >= 0.6 is 0 Å². The van der Waals surface area contributed by atoms with Crippen molar-refractivity contribution in [3.63, 3.8) is 0 Å².